The quantitative estimate of drug-likeness (QED) is 0.681. The standard InChI is InChI=1S/C16H22N4O2/c1-2-3-4-13(18)16-20-14(10-22-16)15(21)19-9-11-5-7-12(17)8-6-11/h5-8,10,13H,2-4,9,17-18H2,1H3,(H,19,21). The Kier molecular flexibility index (Phi) is 5.55. The molecule has 6 nitrogen and oxygen atoms in total. The first kappa shape index (κ1) is 16.0. The number of rotatable bonds is 7. The first-order valence-electron chi connectivity index (χ1n) is 7.43. The normalized spacial score (nSPS) is 12.1. The number of nitrogens with one attached hydrogen (secondary N) is 1. The molecule has 2 aromatic rings. The minimum Gasteiger partial charge on any atom is -0.446 e. The van der Waals surface area contributed by atoms with Gasteiger partial charge in [-0.05, 0) is 24.1 Å². The Hall–Kier alpha value is -2.34. The second kappa shape index (κ2) is 7.61. The lowest BCUT2D eigenvalue weighted by molar-refractivity contribution is 0.0946. The molecular weight excluding hydrogens is 280 g/mol. The van der Waals surface area contributed by atoms with Crippen LogP contribution in [0.2, 0.25) is 0 Å². The zero-order valence-corrected chi connectivity index (χ0v) is 12.7. The second-order valence-corrected chi connectivity index (χ2v) is 5.24. The van der Waals surface area contributed by atoms with Crippen LogP contribution in [0.1, 0.15) is 54.2 Å². The molecule has 1 aromatic carbocycles. The van der Waals surface area contributed by atoms with Crippen LogP contribution in [0.3, 0.4) is 0 Å². The van der Waals surface area contributed by atoms with Crippen molar-refractivity contribution in [3.05, 3.63) is 47.7 Å². The van der Waals surface area contributed by atoms with Gasteiger partial charge in [-0.1, -0.05) is 31.9 Å². The van der Waals surface area contributed by atoms with E-state index in [9.17, 15) is 4.79 Å². The minimum atomic E-state index is -0.283. The Morgan fingerprint density at radius 1 is 1.36 bits per heavy atom. The highest BCUT2D eigenvalue weighted by Gasteiger charge is 2.16. The summed E-state index contributed by atoms with van der Waals surface area (Å²) in [5.74, 6) is 0.126. The number of benzene rings is 1. The van der Waals surface area contributed by atoms with E-state index < -0.39 is 0 Å². The summed E-state index contributed by atoms with van der Waals surface area (Å²) in [6.45, 7) is 2.50. The summed E-state index contributed by atoms with van der Waals surface area (Å²) in [6, 6.07) is 7.05. The molecular formula is C16H22N4O2. The van der Waals surface area contributed by atoms with Crippen molar-refractivity contribution in [3.63, 3.8) is 0 Å². The zero-order chi connectivity index (χ0) is 15.9. The molecule has 0 spiro atoms. The number of aromatic nitrogens is 1. The summed E-state index contributed by atoms with van der Waals surface area (Å²) < 4.78 is 5.30. The van der Waals surface area contributed by atoms with Crippen LogP contribution >= 0.6 is 0 Å². The van der Waals surface area contributed by atoms with Crippen molar-refractivity contribution in [3.8, 4) is 0 Å². The molecule has 22 heavy (non-hydrogen) atoms. The van der Waals surface area contributed by atoms with Gasteiger partial charge in [0.15, 0.2) is 5.69 Å². The number of carbonyl (C=O) groups excluding carboxylic acids is 1. The number of amides is 1. The van der Waals surface area contributed by atoms with E-state index >= 15 is 0 Å². The number of nitrogen functional groups attached to an aromatic ring is 1. The topological polar surface area (TPSA) is 107 Å². The maximum absolute atomic E-state index is 12.0. The molecule has 0 bridgehead atoms. The Balaban J connectivity index is 1.90. The summed E-state index contributed by atoms with van der Waals surface area (Å²) >= 11 is 0. The van der Waals surface area contributed by atoms with Crippen molar-refractivity contribution in [2.45, 2.75) is 38.8 Å². The third-order valence-electron chi connectivity index (χ3n) is 3.37. The van der Waals surface area contributed by atoms with Crippen LogP contribution in [-0.4, -0.2) is 10.9 Å². The van der Waals surface area contributed by atoms with Crippen LogP contribution in [0.25, 0.3) is 0 Å². The average Bonchev–Trinajstić information content (AvgIpc) is 3.02. The highest BCUT2D eigenvalue weighted by Crippen LogP contribution is 2.16. The van der Waals surface area contributed by atoms with Crippen molar-refractivity contribution in [1.29, 1.82) is 0 Å². The Morgan fingerprint density at radius 2 is 2.09 bits per heavy atom. The molecule has 2 rings (SSSR count). The zero-order valence-electron chi connectivity index (χ0n) is 12.7. The monoisotopic (exact) mass is 302 g/mol. The molecule has 5 N–H and O–H groups in total. The van der Waals surface area contributed by atoms with E-state index in [-0.39, 0.29) is 17.6 Å². The van der Waals surface area contributed by atoms with Gasteiger partial charge in [0.1, 0.15) is 6.26 Å². The Bertz CT molecular complexity index is 607. The van der Waals surface area contributed by atoms with E-state index in [1.165, 1.54) is 6.26 Å². The van der Waals surface area contributed by atoms with Gasteiger partial charge in [0.25, 0.3) is 5.91 Å². The molecule has 1 atom stereocenters. The van der Waals surface area contributed by atoms with Crippen LogP contribution < -0.4 is 16.8 Å². The van der Waals surface area contributed by atoms with Gasteiger partial charge in [0.2, 0.25) is 5.89 Å². The second-order valence-electron chi connectivity index (χ2n) is 5.24. The first-order valence-corrected chi connectivity index (χ1v) is 7.43. The lowest BCUT2D eigenvalue weighted by Gasteiger charge is -2.05. The number of nitrogens with zero attached hydrogens (tertiary/aromatic N) is 1. The highest BCUT2D eigenvalue weighted by atomic mass is 16.3. The van der Waals surface area contributed by atoms with Crippen molar-refractivity contribution in [2.75, 3.05) is 5.73 Å². The Labute approximate surface area is 129 Å². The molecule has 0 saturated carbocycles. The average molecular weight is 302 g/mol. The van der Waals surface area contributed by atoms with E-state index in [0.717, 1.165) is 24.8 Å². The van der Waals surface area contributed by atoms with Gasteiger partial charge >= 0.3 is 0 Å². The molecule has 1 heterocycles. The molecule has 0 aliphatic rings. The van der Waals surface area contributed by atoms with Crippen molar-refractivity contribution < 1.29 is 9.21 Å². The number of hydrogen-bond acceptors (Lipinski definition) is 5. The van der Waals surface area contributed by atoms with Gasteiger partial charge in [0, 0.05) is 12.2 Å². The molecule has 6 heteroatoms. The fourth-order valence-electron chi connectivity index (χ4n) is 2.02. The van der Waals surface area contributed by atoms with Crippen LogP contribution in [0.4, 0.5) is 5.69 Å². The summed E-state index contributed by atoms with van der Waals surface area (Å²) in [5, 5.41) is 2.79. The van der Waals surface area contributed by atoms with Gasteiger partial charge in [-0.3, -0.25) is 4.79 Å². The summed E-state index contributed by atoms with van der Waals surface area (Å²) in [4.78, 5) is 16.2. The van der Waals surface area contributed by atoms with Crippen molar-refractivity contribution in [1.82, 2.24) is 10.3 Å². The number of carbonyl (C=O) groups is 1. The first-order chi connectivity index (χ1) is 10.6. The summed E-state index contributed by atoms with van der Waals surface area (Å²) in [5.41, 5.74) is 13.5. The molecule has 1 aromatic heterocycles. The SMILES string of the molecule is CCCCC(N)c1nc(C(=O)NCc2ccc(N)cc2)co1. The molecule has 118 valence electrons. The van der Waals surface area contributed by atoms with Gasteiger partial charge in [-0.2, -0.15) is 0 Å². The maximum atomic E-state index is 12.0. The number of nitrogens with two attached hydrogens (primary N) is 2. The third kappa shape index (κ3) is 4.33. The lowest BCUT2D eigenvalue weighted by Crippen LogP contribution is -2.23. The van der Waals surface area contributed by atoms with E-state index in [2.05, 4.69) is 17.2 Å². The summed E-state index contributed by atoms with van der Waals surface area (Å²) in [7, 11) is 0. The largest absolute Gasteiger partial charge is 0.446 e. The van der Waals surface area contributed by atoms with Crippen LogP contribution in [-0.2, 0) is 6.54 Å². The highest BCUT2D eigenvalue weighted by molar-refractivity contribution is 5.91. The van der Waals surface area contributed by atoms with Gasteiger partial charge in [-0.25, -0.2) is 4.98 Å². The third-order valence-corrected chi connectivity index (χ3v) is 3.37. The van der Waals surface area contributed by atoms with Crippen LogP contribution in [0.5, 0.6) is 0 Å². The molecule has 1 unspecified atom stereocenters. The van der Waals surface area contributed by atoms with E-state index in [4.69, 9.17) is 15.9 Å². The van der Waals surface area contributed by atoms with Gasteiger partial charge < -0.3 is 21.2 Å². The lowest BCUT2D eigenvalue weighted by atomic mass is 10.1. The minimum absolute atomic E-state index is 0.248. The number of oxazole rings is 1. The maximum Gasteiger partial charge on any atom is 0.273 e. The van der Waals surface area contributed by atoms with Crippen molar-refractivity contribution >= 4 is 11.6 Å². The molecule has 0 radical (unpaired) electrons. The smallest absolute Gasteiger partial charge is 0.273 e. The molecule has 1 amide bonds. The predicted molar refractivity (Wildman–Crippen MR) is 85.0 cm³/mol. The number of hydrogen-bond donors (Lipinski definition) is 3. The molecule has 0 aliphatic heterocycles. The molecule has 0 fully saturated rings. The van der Waals surface area contributed by atoms with E-state index in [0.29, 0.717) is 18.1 Å². The Morgan fingerprint density at radius 3 is 2.77 bits per heavy atom. The van der Waals surface area contributed by atoms with Gasteiger partial charge in [0.05, 0.1) is 6.04 Å². The number of unbranched alkanes of at least 4 members (excludes halogenated alkanes) is 1. The van der Waals surface area contributed by atoms with Crippen molar-refractivity contribution in [2.24, 2.45) is 5.73 Å². The van der Waals surface area contributed by atoms with Crippen LogP contribution in [0, 0.1) is 0 Å². The fourth-order valence-corrected chi connectivity index (χ4v) is 2.02. The van der Waals surface area contributed by atoms with Gasteiger partial charge in [-0.15, -0.1) is 0 Å². The van der Waals surface area contributed by atoms with Crippen LogP contribution in [0.15, 0.2) is 34.9 Å². The summed E-state index contributed by atoms with van der Waals surface area (Å²) in [6.07, 6.45) is 4.20. The fraction of sp³-hybridized carbons (Fsp3) is 0.375. The molecule has 0 aliphatic carbocycles. The molecule has 0 saturated heterocycles. The predicted octanol–water partition coefficient (Wildman–Crippen LogP) is 2.38. The van der Waals surface area contributed by atoms with E-state index in [1.54, 1.807) is 12.1 Å². The number of anilines is 1. The van der Waals surface area contributed by atoms with E-state index in [1.807, 2.05) is 12.1 Å².